The molecule has 1 atom stereocenters. The van der Waals surface area contributed by atoms with E-state index in [0.717, 1.165) is 31.2 Å². The SMILES string of the molecule is Cc1c(C(=O)N2CCCCC2CNS(C)(=O)=O)cnn1C. The van der Waals surface area contributed by atoms with Crippen LogP contribution in [0.5, 0.6) is 0 Å². The number of piperidine rings is 1. The smallest absolute Gasteiger partial charge is 0.257 e. The van der Waals surface area contributed by atoms with E-state index in [-0.39, 0.29) is 18.5 Å². The molecule has 1 aromatic heterocycles. The summed E-state index contributed by atoms with van der Waals surface area (Å²) in [6.07, 6.45) is 5.47. The van der Waals surface area contributed by atoms with E-state index in [1.54, 1.807) is 22.8 Å². The minimum atomic E-state index is -3.25. The molecule has 1 aromatic rings. The number of aromatic nitrogens is 2. The van der Waals surface area contributed by atoms with E-state index in [2.05, 4.69) is 9.82 Å². The van der Waals surface area contributed by atoms with Gasteiger partial charge >= 0.3 is 0 Å². The number of aryl methyl sites for hydroxylation is 1. The summed E-state index contributed by atoms with van der Waals surface area (Å²) in [6.45, 7) is 2.78. The van der Waals surface area contributed by atoms with E-state index in [1.807, 2.05) is 6.92 Å². The van der Waals surface area contributed by atoms with E-state index < -0.39 is 10.0 Å². The van der Waals surface area contributed by atoms with Crippen molar-refractivity contribution in [3.05, 3.63) is 17.5 Å². The van der Waals surface area contributed by atoms with Crippen LogP contribution in [0.4, 0.5) is 0 Å². The molecule has 0 aliphatic carbocycles. The molecule has 0 bridgehead atoms. The van der Waals surface area contributed by atoms with Crippen LogP contribution in [0.3, 0.4) is 0 Å². The van der Waals surface area contributed by atoms with Gasteiger partial charge in [-0.05, 0) is 26.2 Å². The largest absolute Gasteiger partial charge is 0.334 e. The van der Waals surface area contributed by atoms with E-state index >= 15 is 0 Å². The Balaban J connectivity index is 2.14. The third-order valence-corrected chi connectivity index (χ3v) is 4.63. The van der Waals surface area contributed by atoms with Crippen LogP contribution in [-0.2, 0) is 17.1 Å². The third kappa shape index (κ3) is 3.82. The Bertz CT molecular complexity index is 623. The molecule has 1 fully saturated rings. The first-order valence-corrected chi connectivity index (χ1v) is 8.93. The van der Waals surface area contributed by atoms with Gasteiger partial charge in [0.25, 0.3) is 5.91 Å². The summed E-state index contributed by atoms with van der Waals surface area (Å²) in [5.41, 5.74) is 1.41. The van der Waals surface area contributed by atoms with Crippen LogP contribution in [0.25, 0.3) is 0 Å². The first kappa shape index (κ1) is 16.0. The molecule has 0 spiro atoms. The number of rotatable bonds is 4. The number of nitrogens with one attached hydrogen (secondary N) is 1. The van der Waals surface area contributed by atoms with Crippen molar-refractivity contribution in [1.82, 2.24) is 19.4 Å². The fourth-order valence-corrected chi connectivity index (χ4v) is 3.09. The molecule has 0 radical (unpaired) electrons. The van der Waals surface area contributed by atoms with Crippen LogP contribution in [0.15, 0.2) is 6.20 Å². The molecule has 0 aromatic carbocycles. The summed E-state index contributed by atoms with van der Waals surface area (Å²) in [7, 11) is -1.45. The van der Waals surface area contributed by atoms with Crippen molar-refractivity contribution in [2.24, 2.45) is 7.05 Å². The summed E-state index contributed by atoms with van der Waals surface area (Å²) >= 11 is 0. The summed E-state index contributed by atoms with van der Waals surface area (Å²) in [6, 6.07) is -0.0967. The highest BCUT2D eigenvalue weighted by molar-refractivity contribution is 7.88. The van der Waals surface area contributed by atoms with Crippen LogP contribution in [0, 0.1) is 6.92 Å². The zero-order valence-corrected chi connectivity index (χ0v) is 13.5. The fraction of sp³-hybridized carbons (Fsp3) is 0.692. The number of likely N-dealkylation sites (tertiary alicyclic amines) is 1. The minimum absolute atomic E-state index is 0.0689. The van der Waals surface area contributed by atoms with Gasteiger partial charge in [0.1, 0.15) is 0 Å². The van der Waals surface area contributed by atoms with Crippen molar-refractivity contribution in [2.75, 3.05) is 19.3 Å². The maximum absolute atomic E-state index is 12.7. The lowest BCUT2D eigenvalue weighted by Crippen LogP contribution is -2.49. The van der Waals surface area contributed by atoms with Crippen LogP contribution < -0.4 is 4.72 Å². The standard InChI is InChI=1S/C13H22N4O3S/c1-10-12(9-14-16(10)2)13(18)17-7-5-4-6-11(17)8-15-21(3,19)20/h9,11,15H,4-8H2,1-3H3. The van der Waals surface area contributed by atoms with Crippen molar-refractivity contribution in [3.63, 3.8) is 0 Å². The molecule has 1 aliphatic rings. The van der Waals surface area contributed by atoms with Crippen molar-refractivity contribution in [3.8, 4) is 0 Å². The van der Waals surface area contributed by atoms with Gasteiger partial charge in [-0.2, -0.15) is 5.10 Å². The number of carbonyl (C=O) groups excluding carboxylic acids is 1. The molecule has 2 heterocycles. The zero-order valence-electron chi connectivity index (χ0n) is 12.7. The Hall–Kier alpha value is -1.41. The minimum Gasteiger partial charge on any atom is -0.334 e. The number of hydrogen-bond acceptors (Lipinski definition) is 4. The Labute approximate surface area is 125 Å². The molecule has 0 saturated carbocycles. The lowest BCUT2D eigenvalue weighted by atomic mass is 10.0. The Kier molecular flexibility index (Phi) is 4.67. The number of amides is 1. The average molecular weight is 314 g/mol. The number of nitrogens with zero attached hydrogens (tertiary/aromatic N) is 3. The molecular weight excluding hydrogens is 292 g/mol. The summed E-state index contributed by atoms with van der Waals surface area (Å²) in [5.74, 6) is -0.0689. The lowest BCUT2D eigenvalue weighted by molar-refractivity contribution is 0.0618. The van der Waals surface area contributed by atoms with Crippen LogP contribution >= 0.6 is 0 Å². The van der Waals surface area contributed by atoms with Gasteiger partial charge in [-0.15, -0.1) is 0 Å². The Morgan fingerprint density at radius 2 is 2.19 bits per heavy atom. The van der Waals surface area contributed by atoms with E-state index in [1.165, 1.54) is 0 Å². The molecule has 1 N–H and O–H groups in total. The number of sulfonamides is 1. The Morgan fingerprint density at radius 1 is 1.48 bits per heavy atom. The lowest BCUT2D eigenvalue weighted by Gasteiger charge is -2.35. The van der Waals surface area contributed by atoms with Gasteiger partial charge in [0.15, 0.2) is 0 Å². The highest BCUT2D eigenvalue weighted by Crippen LogP contribution is 2.20. The summed E-state index contributed by atoms with van der Waals surface area (Å²) in [4.78, 5) is 14.4. The molecule has 8 heteroatoms. The van der Waals surface area contributed by atoms with Gasteiger partial charge in [0, 0.05) is 31.9 Å². The number of carbonyl (C=O) groups is 1. The molecule has 7 nitrogen and oxygen atoms in total. The molecule has 1 amide bonds. The number of hydrogen-bond donors (Lipinski definition) is 1. The molecule has 21 heavy (non-hydrogen) atoms. The molecule has 1 saturated heterocycles. The molecule has 2 rings (SSSR count). The second kappa shape index (κ2) is 6.15. The predicted molar refractivity (Wildman–Crippen MR) is 79.5 cm³/mol. The Morgan fingerprint density at radius 3 is 2.76 bits per heavy atom. The van der Waals surface area contributed by atoms with Crippen molar-refractivity contribution < 1.29 is 13.2 Å². The topological polar surface area (TPSA) is 84.3 Å². The van der Waals surface area contributed by atoms with Gasteiger partial charge in [-0.25, -0.2) is 13.1 Å². The second-order valence-electron chi connectivity index (χ2n) is 5.54. The molecule has 1 aliphatic heterocycles. The van der Waals surface area contributed by atoms with Gasteiger partial charge in [0.05, 0.1) is 18.0 Å². The maximum Gasteiger partial charge on any atom is 0.257 e. The summed E-state index contributed by atoms with van der Waals surface area (Å²) < 4.78 is 26.7. The summed E-state index contributed by atoms with van der Waals surface area (Å²) in [5, 5.41) is 4.10. The van der Waals surface area contributed by atoms with Gasteiger partial charge < -0.3 is 4.90 Å². The van der Waals surface area contributed by atoms with Crippen LogP contribution in [-0.4, -0.2) is 54.4 Å². The van der Waals surface area contributed by atoms with E-state index in [9.17, 15) is 13.2 Å². The fourth-order valence-electron chi connectivity index (χ4n) is 2.59. The zero-order chi connectivity index (χ0) is 15.6. The normalized spacial score (nSPS) is 19.8. The van der Waals surface area contributed by atoms with E-state index in [4.69, 9.17) is 0 Å². The van der Waals surface area contributed by atoms with Crippen LogP contribution in [0.2, 0.25) is 0 Å². The molecule has 118 valence electrons. The van der Waals surface area contributed by atoms with Crippen molar-refractivity contribution >= 4 is 15.9 Å². The van der Waals surface area contributed by atoms with Gasteiger partial charge in [-0.1, -0.05) is 0 Å². The van der Waals surface area contributed by atoms with Crippen molar-refractivity contribution in [1.29, 1.82) is 0 Å². The molecule has 1 unspecified atom stereocenters. The van der Waals surface area contributed by atoms with Gasteiger partial charge in [-0.3, -0.25) is 9.48 Å². The van der Waals surface area contributed by atoms with E-state index in [0.29, 0.717) is 12.1 Å². The molecular formula is C13H22N4O3S. The first-order chi connectivity index (χ1) is 9.79. The third-order valence-electron chi connectivity index (χ3n) is 3.93. The monoisotopic (exact) mass is 314 g/mol. The first-order valence-electron chi connectivity index (χ1n) is 7.04. The second-order valence-corrected chi connectivity index (χ2v) is 7.37. The average Bonchev–Trinajstić information content (AvgIpc) is 2.76. The van der Waals surface area contributed by atoms with Gasteiger partial charge in [0.2, 0.25) is 10.0 Å². The maximum atomic E-state index is 12.7. The highest BCUT2D eigenvalue weighted by Gasteiger charge is 2.29. The van der Waals surface area contributed by atoms with Crippen molar-refractivity contribution in [2.45, 2.75) is 32.2 Å². The van der Waals surface area contributed by atoms with Crippen LogP contribution in [0.1, 0.15) is 35.3 Å². The highest BCUT2D eigenvalue weighted by atomic mass is 32.2. The predicted octanol–water partition coefficient (Wildman–Crippen LogP) is 0.272. The quantitative estimate of drug-likeness (QED) is 0.865.